The van der Waals surface area contributed by atoms with Crippen LogP contribution in [0.5, 0.6) is 0 Å². The summed E-state index contributed by atoms with van der Waals surface area (Å²) < 4.78 is 33.2. The number of ether oxygens (including phenoxy) is 6. The summed E-state index contributed by atoms with van der Waals surface area (Å²) in [7, 11) is 0. The zero-order valence-corrected chi connectivity index (χ0v) is 25.9. The van der Waals surface area contributed by atoms with Gasteiger partial charge in [0.1, 0.15) is 68.0 Å². The molecule has 0 aromatic rings. The van der Waals surface area contributed by atoms with Crippen LogP contribution in [0.25, 0.3) is 0 Å². The van der Waals surface area contributed by atoms with Gasteiger partial charge in [-0.3, -0.25) is 9.59 Å². The van der Waals surface area contributed by atoms with Crippen molar-refractivity contribution in [3.63, 3.8) is 0 Å². The van der Waals surface area contributed by atoms with Gasteiger partial charge in [-0.25, -0.2) is 0 Å². The lowest BCUT2D eigenvalue weighted by Crippen LogP contribution is -2.65. The Balaban J connectivity index is 1.42. The fourth-order valence-corrected chi connectivity index (χ4v) is 7.44. The molecule has 5 fully saturated rings. The normalized spacial score (nSPS) is 49.9. The number of esters is 1. The van der Waals surface area contributed by atoms with Crippen LogP contribution in [0.1, 0.15) is 38.5 Å². The number of carbonyl (C=O) groups excluding carboxylic acids is 1. The molecule has 0 aromatic carbocycles. The van der Waals surface area contributed by atoms with Crippen molar-refractivity contribution in [3.8, 4) is 0 Å². The molecular formula is C29H47O19+. The van der Waals surface area contributed by atoms with Gasteiger partial charge in [-0.2, -0.15) is 0 Å². The zero-order valence-electron chi connectivity index (χ0n) is 25.9. The first-order chi connectivity index (χ1) is 22.6. The van der Waals surface area contributed by atoms with Crippen molar-refractivity contribution >= 4 is 11.9 Å². The summed E-state index contributed by atoms with van der Waals surface area (Å²) in [6.07, 6.45) is -23.9. The van der Waals surface area contributed by atoms with Crippen LogP contribution in [0, 0.1) is 11.8 Å². The highest BCUT2D eigenvalue weighted by Gasteiger charge is 2.56. The maximum Gasteiger partial charge on any atom is 0.317 e. The number of hydrogen-bond acceptors (Lipinski definition) is 17. The van der Waals surface area contributed by atoms with E-state index in [1.54, 1.807) is 0 Å². The molecule has 17 unspecified atom stereocenters. The first kappa shape index (κ1) is 37.6. The van der Waals surface area contributed by atoms with Crippen molar-refractivity contribution in [1.29, 1.82) is 0 Å². The maximum atomic E-state index is 11.9. The Morgan fingerprint density at radius 1 is 0.708 bits per heavy atom. The number of carboxylic acid groups (broad SMARTS) is 1. The van der Waals surface area contributed by atoms with Gasteiger partial charge < -0.3 is 84.6 Å². The lowest BCUT2D eigenvalue weighted by molar-refractivity contribution is -0.382. The quantitative estimate of drug-likeness (QED) is 0.0606. The molecule has 5 rings (SSSR count). The third-order valence-electron chi connectivity index (χ3n) is 10.0. The number of fused-ring (bicyclic) bond motifs is 1. The highest BCUT2D eigenvalue weighted by molar-refractivity contribution is 5.90. The fraction of sp³-hybridized carbons (Fsp3) is 0.931. The van der Waals surface area contributed by atoms with Gasteiger partial charge in [-0.05, 0) is 19.3 Å². The van der Waals surface area contributed by atoms with Crippen molar-refractivity contribution in [1.82, 2.24) is 0 Å². The van der Waals surface area contributed by atoms with E-state index in [1.165, 1.54) is 0 Å². The van der Waals surface area contributed by atoms with Crippen LogP contribution in [0.4, 0.5) is 0 Å². The summed E-state index contributed by atoms with van der Waals surface area (Å²) >= 11 is 0. The van der Waals surface area contributed by atoms with E-state index in [0.717, 1.165) is 0 Å². The first-order valence-electron chi connectivity index (χ1n) is 16.1. The minimum Gasteiger partial charge on any atom is -0.481 e. The van der Waals surface area contributed by atoms with Crippen LogP contribution in [-0.2, 0) is 33.3 Å². The molecule has 19 heteroatoms. The molecule has 3 aliphatic heterocycles. The van der Waals surface area contributed by atoms with Gasteiger partial charge in [-0.1, -0.05) is 0 Å². The predicted octanol–water partition coefficient (Wildman–Crippen LogP) is -6.05. The largest absolute Gasteiger partial charge is 0.481 e. The number of aliphatic hydroxyl groups excluding tert-OH is 10. The molecule has 3 heterocycles. The van der Waals surface area contributed by atoms with Crippen LogP contribution in [0.2, 0.25) is 0 Å². The van der Waals surface area contributed by atoms with Crippen molar-refractivity contribution < 1.29 is 94.2 Å². The van der Waals surface area contributed by atoms with E-state index in [9.17, 15) is 60.7 Å². The highest BCUT2D eigenvalue weighted by Crippen LogP contribution is 2.42. The molecule has 0 amide bonds. The molecule has 17 atom stereocenters. The SMILES string of the molecule is O=C(O)CC(=O)OCC1OC(OC2CC3C(O)CC(O)CC3[OH+]C2C2CC(O)C(O)C(O)C2)C(OC2OCC(O)C(O)C2O)C(O)C1O. The third-order valence-corrected chi connectivity index (χ3v) is 10.0. The van der Waals surface area contributed by atoms with Crippen molar-refractivity contribution in [2.75, 3.05) is 13.2 Å². The van der Waals surface area contributed by atoms with Crippen LogP contribution in [-0.4, -0.2) is 190 Å². The molecule has 5 aliphatic rings. The number of hydrogen-bond donors (Lipinski definition) is 11. The summed E-state index contributed by atoms with van der Waals surface area (Å²) in [5.41, 5.74) is 0. The number of aliphatic hydroxyl groups is 12. The van der Waals surface area contributed by atoms with Gasteiger partial charge in [0.2, 0.25) is 0 Å². The summed E-state index contributed by atoms with van der Waals surface area (Å²) in [6, 6.07) is 0. The van der Waals surface area contributed by atoms with Gasteiger partial charge in [-0.15, -0.1) is 0 Å². The van der Waals surface area contributed by atoms with Crippen LogP contribution in [0.15, 0.2) is 0 Å². The van der Waals surface area contributed by atoms with E-state index < -0.39 is 148 Å². The minimum atomic E-state index is -1.89. The Labute approximate surface area is 274 Å². The van der Waals surface area contributed by atoms with Crippen LogP contribution < -0.4 is 0 Å². The second kappa shape index (κ2) is 15.7. The van der Waals surface area contributed by atoms with Gasteiger partial charge >= 0.3 is 11.9 Å². The van der Waals surface area contributed by atoms with Crippen LogP contribution >= 0.6 is 0 Å². The van der Waals surface area contributed by atoms with E-state index in [0.29, 0.717) is 0 Å². The standard InChI is InChI=1S/C29H46O19/c30-10-3-12(31)11-5-17(26(45-16(11)4-10)9-1-13(32)21(38)14(33)2-9)46-29-27(48-28-25(42)22(39)15(34)7-44-28)24(41)23(40)18(47-29)8-43-20(37)6-19(35)36/h9-18,21-34,38-42H,1-8H2,(H,35,36)/p+1. The number of rotatable bonds is 9. The summed E-state index contributed by atoms with van der Waals surface area (Å²) in [4.78, 5) is 22.8. The minimum absolute atomic E-state index is 0.00597. The Hall–Kier alpha value is -1.66. The second-order valence-corrected chi connectivity index (χ2v) is 13.5. The molecule has 0 radical (unpaired) electrons. The maximum absolute atomic E-state index is 11.9. The average molecular weight is 700 g/mol. The zero-order chi connectivity index (χ0) is 35.0. The Morgan fingerprint density at radius 3 is 2.06 bits per heavy atom. The predicted molar refractivity (Wildman–Crippen MR) is 151 cm³/mol. The van der Waals surface area contributed by atoms with Gasteiger partial charge in [0.25, 0.3) is 0 Å². The van der Waals surface area contributed by atoms with Gasteiger partial charge in [0.15, 0.2) is 24.8 Å². The monoisotopic (exact) mass is 699 g/mol. The lowest BCUT2D eigenvalue weighted by atomic mass is 9.72. The smallest absolute Gasteiger partial charge is 0.317 e. The average Bonchev–Trinajstić information content (AvgIpc) is 3.02. The number of carboxylic acids is 1. The molecule has 3 saturated heterocycles. The summed E-state index contributed by atoms with van der Waals surface area (Å²) in [6.45, 7) is -1.18. The number of aliphatic carboxylic acids is 1. The molecule has 0 bridgehead atoms. The molecule has 276 valence electrons. The lowest BCUT2D eigenvalue weighted by Gasteiger charge is -2.49. The molecule has 0 aromatic heterocycles. The molecule has 48 heavy (non-hydrogen) atoms. The number of carbonyl (C=O) groups is 2. The van der Waals surface area contributed by atoms with E-state index in [1.807, 2.05) is 0 Å². The van der Waals surface area contributed by atoms with Gasteiger partial charge in [0.05, 0.1) is 36.9 Å². The molecule has 12 N–H and O–H groups in total. The van der Waals surface area contributed by atoms with Crippen molar-refractivity contribution in [2.45, 2.75) is 143 Å². The summed E-state index contributed by atoms with van der Waals surface area (Å²) in [5, 5.41) is 114. The van der Waals surface area contributed by atoms with E-state index in [-0.39, 0.29) is 32.1 Å². The molecule has 2 saturated carbocycles. The van der Waals surface area contributed by atoms with E-state index >= 15 is 0 Å². The van der Waals surface area contributed by atoms with Crippen molar-refractivity contribution in [2.24, 2.45) is 11.8 Å². The Bertz CT molecular complexity index is 1080. The highest BCUT2D eigenvalue weighted by atomic mass is 16.8. The first-order valence-corrected chi connectivity index (χ1v) is 16.1. The third kappa shape index (κ3) is 8.27. The summed E-state index contributed by atoms with van der Waals surface area (Å²) in [5.74, 6) is -3.71. The molecule has 19 nitrogen and oxygen atoms in total. The van der Waals surface area contributed by atoms with Crippen molar-refractivity contribution in [3.05, 3.63) is 0 Å². The Kier molecular flexibility index (Phi) is 12.3. The molecular weight excluding hydrogens is 652 g/mol. The topological polar surface area (TPSA) is 316 Å². The van der Waals surface area contributed by atoms with E-state index in [2.05, 4.69) is 0 Å². The Morgan fingerprint density at radius 2 is 1.40 bits per heavy atom. The second-order valence-electron chi connectivity index (χ2n) is 13.5. The fourth-order valence-electron chi connectivity index (χ4n) is 7.44. The van der Waals surface area contributed by atoms with E-state index in [4.69, 9.17) is 33.5 Å². The van der Waals surface area contributed by atoms with Gasteiger partial charge in [0, 0.05) is 18.8 Å². The molecule has 0 spiro atoms. The molecule has 2 aliphatic carbocycles. The van der Waals surface area contributed by atoms with Crippen LogP contribution in [0.3, 0.4) is 0 Å².